The molecule has 24 atom stereocenters. The van der Waals surface area contributed by atoms with Gasteiger partial charge in [-0.05, 0) is 121 Å². The summed E-state index contributed by atoms with van der Waals surface area (Å²) in [6.07, 6.45) is 5.71. The molecule has 15 N–H and O–H groups in total. The molecule has 5 heterocycles. The molecule has 0 aromatic carbocycles. The number of carboxylic acids is 1. The van der Waals surface area contributed by atoms with Crippen molar-refractivity contribution >= 4 is 17.7 Å². The Hall–Kier alpha value is -3.80. The summed E-state index contributed by atoms with van der Waals surface area (Å²) in [6.45, 7) is 10.6. The van der Waals surface area contributed by atoms with Crippen LogP contribution in [-0.4, -0.2) is 159 Å². The number of nitrogens with one attached hydrogen (secondary N) is 4. The quantitative estimate of drug-likeness (QED) is 0.0922. The average molecular weight is 1090 g/mol. The lowest BCUT2D eigenvalue weighted by molar-refractivity contribution is -0.344. The van der Waals surface area contributed by atoms with Crippen molar-refractivity contribution in [2.75, 3.05) is 31.7 Å². The molecule has 10 aliphatic rings. The molecule has 12 rings (SSSR count). The number of ether oxygens (including phenoxy) is 2. The first-order valence-electron chi connectivity index (χ1n) is 29.0. The number of amides is 1. The smallest absolute Gasteiger partial charge is 0.310 e. The number of aromatic amines is 2. The van der Waals surface area contributed by atoms with Crippen LogP contribution in [0.15, 0.2) is 42.7 Å². The van der Waals surface area contributed by atoms with Gasteiger partial charge in [0.15, 0.2) is 6.29 Å². The van der Waals surface area contributed by atoms with Crippen LogP contribution >= 0.6 is 0 Å². The van der Waals surface area contributed by atoms with E-state index < -0.39 is 141 Å². The summed E-state index contributed by atoms with van der Waals surface area (Å²) in [4.78, 5) is 45.5. The predicted octanol–water partition coefficient (Wildman–Crippen LogP) is 2.23. The number of allylic oxidation sites excluding steroid dienone is 3. The van der Waals surface area contributed by atoms with Crippen LogP contribution < -0.4 is 16.4 Å². The molecule has 2 saturated heterocycles. The third kappa shape index (κ3) is 7.03. The molecule has 430 valence electrons. The second-order valence-corrected chi connectivity index (χ2v) is 27.6. The molecule has 7 fully saturated rings. The van der Waals surface area contributed by atoms with E-state index in [4.69, 9.17) is 20.2 Å². The number of hydrogen-bond donors (Lipinski definition) is 14. The number of aromatic nitrogens is 4. The van der Waals surface area contributed by atoms with Crippen LogP contribution in [0.3, 0.4) is 0 Å². The number of aliphatic hydroxyl groups excluding tert-OH is 8. The van der Waals surface area contributed by atoms with Gasteiger partial charge in [-0.25, -0.2) is 9.97 Å². The minimum Gasteiger partial charge on any atom is -0.481 e. The second-order valence-electron chi connectivity index (χ2n) is 27.6. The van der Waals surface area contributed by atoms with Crippen molar-refractivity contribution in [3.8, 4) is 0 Å². The number of carboxylic acid groups (broad SMARTS) is 1. The second kappa shape index (κ2) is 18.6. The first kappa shape index (κ1) is 54.8. The Morgan fingerprint density at radius 2 is 1.68 bits per heavy atom. The minimum atomic E-state index is -1.70. The van der Waals surface area contributed by atoms with E-state index in [1.807, 2.05) is 13.0 Å². The lowest BCUT2D eigenvalue weighted by Crippen LogP contribution is -2.75. The van der Waals surface area contributed by atoms with Crippen LogP contribution in [0.1, 0.15) is 117 Å². The number of nitrogens with zero attached hydrogens (tertiary/aromatic N) is 2. The molecule has 5 saturated carbocycles. The lowest BCUT2D eigenvalue weighted by Gasteiger charge is -2.76. The molecule has 20 nitrogen and oxygen atoms in total. The topological polar surface area (TPSA) is 342 Å². The van der Waals surface area contributed by atoms with Gasteiger partial charge >= 0.3 is 5.97 Å². The normalized spacial score (nSPS) is 49.7. The van der Waals surface area contributed by atoms with E-state index in [1.54, 1.807) is 12.5 Å². The standard InChI is InChI=1S/C58H85N7O13/c1-51(24-66)16-17-57(50(75)76)31(20-51)29-8-9-36-53(3,55(29,5)30-18-33-47(64-27-62-33)61-21-32(30)57)14-11-35-52(2,25-67)46(78-48-44(73)42(71)34(68)23-77-48)43(72)40(54(35,36)4)28-10-15-58(37-22-60-26-63-37,38(69)19-39(59)70)45-41(28)56(49(74)65-45)12-6-7-13-56/h8,10,15,22,26-28,30-32,34-36,38-46,48,61,66-73H,6-7,9,11-14,16-21,23-25,59H2,1-5H3,(H,60,63)(H,62,64)(H,65,74)(H,75,76)/t28-,30-,31+,32+,34-,35-,36+,38-,39+,40-,41+,42+,43-,44-,45+,46-,48+,51+,52+,53-,54+,55+,57-,58-/m1/s1. The third-order valence-corrected chi connectivity index (χ3v) is 24.8. The highest BCUT2D eigenvalue weighted by atomic mass is 16.7. The lowest BCUT2D eigenvalue weighted by atomic mass is 9.28. The molecular formula is C58H85N7O13. The molecular weight excluding hydrogens is 1000 g/mol. The van der Waals surface area contributed by atoms with Crippen molar-refractivity contribution in [2.45, 2.75) is 172 Å². The molecule has 0 bridgehead atoms. The fourth-order valence-corrected chi connectivity index (χ4v) is 21.0. The predicted molar refractivity (Wildman–Crippen MR) is 281 cm³/mol. The number of H-pyrrole nitrogens is 2. The maximum atomic E-state index is 15.3. The summed E-state index contributed by atoms with van der Waals surface area (Å²) in [5.74, 6) is -3.85. The van der Waals surface area contributed by atoms with Crippen molar-refractivity contribution < 1.29 is 65.0 Å². The maximum Gasteiger partial charge on any atom is 0.310 e. The number of aliphatic carboxylic acids is 1. The van der Waals surface area contributed by atoms with E-state index in [2.05, 4.69) is 65.4 Å². The first-order valence-corrected chi connectivity index (χ1v) is 29.0. The number of carbonyl (C=O) groups excluding carboxylic acids is 1. The van der Waals surface area contributed by atoms with Gasteiger partial charge in [-0.2, -0.15) is 0 Å². The van der Waals surface area contributed by atoms with E-state index in [0.29, 0.717) is 75.8 Å². The molecule has 78 heavy (non-hydrogen) atoms. The highest BCUT2D eigenvalue weighted by Crippen LogP contribution is 2.80. The summed E-state index contributed by atoms with van der Waals surface area (Å²) in [5, 5.41) is 113. The Morgan fingerprint density at radius 1 is 0.923 bits per heavy atom. The molecule has 3 aliphatic heterocycles. The van der Waals surface area contributed by atoms with Gasteiger partial charge in [0.1, 0.15) is 30.4 Å². The van der Waals surface area contributed by atoms with Crippen LogP contribution in [0.2, 0.25) is 0 Å². The van der Waals surface area contributed by atoms with E-state index in [9.17, 15) is 50.8 Å². The fourth-order valence-electron chi connectivity index (χ4n) is 21.0. The minimum absolute atomic E-state index is 0.0733. The van der Waals surface area contributed by atoms with Crippen molar-refractivity contribution in [3.63, 3.8) is 0 Å². The van der Waals surface area contributed by atoms with Crippen molar-refractivity contribution in [1.82, 2.24) is 25.3 Å². The molecule has 1 amide bonds. The zero-order valence-electron chi connectivity index (χ0n) is 45.7. The summed E-state index contributed by atoms with van der Waals surface area (Å²) in [6, 6.07) is -0.796. The molecule has 2 aromatic rings. The molecule has 0 radical (unpaired) electrons. The van der Waals surface area contributed by atoms with Crippen molar-refractivity contribution in [1.29, 1.82) is 0 Å². The highest BCUT2D eigenvalue weighted by molar-refractivity contribution is 5.87. The van der Waals surface area contributed by atoms with Crippen LogP contribution in [0.4, 0.5) is 5.82 Å². The molecule has 20 heteroatoms. The SMILES string of the molecule is C[C@]1(CO)CC[C@@]2(C(=O)O)[C@@H](C1)C1=CC[C@@H]3[C@@]4(C)[C@H]([C@H]5C=C[C@@](c6cnc[nH]6)([C@H](O)C[C@@H](N)O)[C@H]6NC(=O)C7(CCCC7)[C@@H]56)[C@@H](O)[C@@H](O[C@@H]5OC[C@@H](O)[C@H](O)[C@H]5O)[C@@](C)(CO)[C@H]4CC[C@@]3(C)[C@]1(C)[C@@H]1Cc3[nH]cnc3NC[C@@H]12. The molecule has 0 unspecified atom stereocenters. The zero-order chi connectivity index (χ0) is 55.5. The van der Waals surface area contributed by atoms with E-state index in [0.717, 1.165) is 24.1 Å². The largest absolute Gasteiger partial charge is 0.481 e. The Labute approximate surface area is 455 Å². The van der Waals surface area contributed by atoms with Gasteiger partial charge in [0.05, 0.1) is 72.2 Å². The van der Waals surface area contributed by atoms with Crippen LogP contribution in [-0.2, 0) is 30.9 Å². The van der Waals surface area contributed by atoms with Crippen molar-refractivity contribution in [2.24, 2.45) is 91.0 Å². The molecule has 7 aliphatic carbocycles. The number of rotatable bonds is 10. The van der Waals surface area contributed by atoms with Gasteiger partial charge in [-0.1, -0.05) is 71.3 Å². The van der Waals surface area contributed by atoms with Crippen molar-refractivity contribution in [3.05, 3.63) is 54.0 Å². The first-order chi connectivity index (χ1) is 37.0. The number of fused-ring (bicyclic) bond motifs is 13. The van der Waals surface area contributed by atoms with Crippen LogP contribution in [0.25, 0.3) is 0 Å². The Bertz CT molecular complexity index is 2700. The number of anilines is 1. The van der Waals surface area contributed by atoms with Gasteiger partial charge in [0.2, 0.25) is 5.91 Å². The summed E-state index contributed by atoms with van der Waals surface area (Å²) < 4.78 is 12.8. The molecule has 2 aromatic heterocycles. The summed E-state index contributed by atoms with van der Waals surface area (Å²) >= 11 is 0. The van der Waals surface area contributed by atoms with Gasteiger partial charge in [-0.15, -0.1) is 0 Å². The van der Waals surface area contributed by atoms with E-state index in [-0.39, 0.29) is 43.3 Å². The number of aliphatic hydroxyl groups is 8. The van der Waals surface area contributed by atoms with Crippen LogP contribution in [0, 0.1) is 85.2 Å². The Balaban J connectivity index is 1.09. The third-order valence-electron chi connectivity index (χ3n) is 24.8. The fraction of sp³-hybridized carbons (Fsp3) is 0.793. The average Bonchev–Trinajstić information content (AvgIpc) is 3.89. The van der Waals surface area contributed by atoms with Gasteiger partial charge < -0.3 is 81.8 Å². The number of nitrogens with two attached hydrogens (primary N) is 1. The Morgan fingerprint density at radius 3 is 2.36 bits per heavy atom. The number of imidazole rings is 2. The van der Waals surface area contributed by atoms with Gasteiger partial charge in [-0.3, -0.25) is 9.59 Å². The summed E-state index contributed by atoms with van der Waals surface area (Å²) in [5.41, 5.74) is 1.20. The highest BCUT2D eigenvalue weighted by Gasteiger charge is 2.79. The zero-order valence-corrected chi connectivity index (χ0v) is 45.7. The molecule has 1 spiro atoms. The Kier molecular flexibility index (Phi) is 13.1. The van der Waals surface area contributed by atoms with Gasteiger partial charge in [0, 0.05) is 42.8 Å². The number of carbonyl (C=O) groups is 2. The van der Waals surface area contributed by atoms with E-state index in [1.165, 1.54) is 6.33 Å². The van der Waals surface area contributed by atoms with E-state index >= 15 is 4.79 Å². The van der Waals surface area contributed by atoms with Gasteiger partial charge in [0.25, 0.3) is 0 Å². The summed E-state index contributed by atoms with van der Waals surface area (Å²) in [7, 11) is 0. The maximum absolute atomic E-state index is 15.3. The van der Waals surface area contributed by atoms with Crippen LogP contribution in [0.5, 0.6) is 0 Å². The number of hydrogen-bond acceptors (Lipinski definition) is 16. The monoisotopic (exact) mass is 1090 g/mol.